The van der Waals surface area contributed by atoms with E-state index in [0.29, 0.717) is 17.4 Å². The number of esters is 2. The van der Waals surface area contributed by atoms with E-state index in [9.17, 15) is 19.0 Å². The third kappa shape index (κ3) is 55.1. The molecule has 69 heavy (non-hydrogen) atoms. The number of ether oxygens (including phenoxy) is 2. The summed E-state index contributed by atoms with van der Waals surface area (Å²) in [5, 5.41) is 0. The highest BCUT2D eigenvalue weighted by molar-refractivity contribution is 7.47. The molecule has 0 aliphatic heterocycles. The largest absolute Gasteiger partial charge is 0.472 e. The molecule has 0 amide bonds. The van der Waals surface area contributed by atoms with Gasteiger partial charge >= 0.3 is 19.8 Å². The Morgan fingerprint density at radius 1 is 0.464 bits per heavy atom. The first-order chi connectivity index (χ1) is 33.5. The first kappa shape index (κ1) is 67.0. The van der Waals surface area contributed by atoms with E-state index in [1.165, 1.54) is 161 Å². The Hall–Kier alpha value is -2.03. The van der Waals surface area contributed by atoms with Gasteiger partial charge in [-0.3, -0.25) is 18.6 Å². The standard InChI is InChI=1S/C59H110NO8P/c1-6-8-10-12-14-16-18-20-22-24-25-26-27-28-29-30-31-32-33-34-36-37-39-41-43-45-47-49-51-58(61)65-55-57(56-67-69(63,64)66-54-53-60(3,4)5)68-59(62)52-50-48-46-44-42-40-38-35-23-21-19-17-15-13-11-9-7-2/h9,11,15,17,21,23,38,40,57H,6-8,10,12-14,16,18-20,22,24-37,39,41-56H2,1-5H3/p+1/b11-9-,17-15-,23-21-,40-38-. The number of nitrogens with zero attached hydrogens (tertiary/aromatic N) is 1. The summed E-state index contributed by atoms with van der Waals surface area (Å²) in [6.45, 7) is 4.32. The minimum atomic E-state index is -4.39. The van der Waals surface area contributed by atoms with E-state index < -0.39 is 26.5 Å². The van der Waals surface area contributed by atoms with Gasteiger partial charge in [-0.25, -0.2) is 4.57 Å². The molecule has 0 saturated heterocycles. The molecule has 10 heteroatoms. The summed E-state index contributed by atoms with van der Waals surface area (Å²) < 4.78 is 34.5. The van der Waals surface area contributed by atoms with E-state index in [2.05, 4.69) is 62.5 Å². The highest BCUT2D eigenvalue weighted by atomic mass is 31.2. The van der Waals surface area contributed by atoms with Crippen LogP contribution in [0.15, 0.2) is 48.6 Å². The van der Waals surface area contributed by atoms with Gasteiger partial charge in [-0.2, -0.15) is 0 Å². The lowest BCUT2D eigenvalue weighted by Crippen LogP contribution is -2.37. The summed E-state index contributed by atoms with van der Waals surface area (Å²) >= 11 is 0. The Labute approximate surface area is 426 Å². The fourth-order valence-electron chi connectivity index (χ4n) is 8.19. The van der Waals surface area contributed by atoms with Crippen molar-refractivity contribution in [3.05, 3.63) is 48.6 Å². The van der Waals surface area contributed by atoms with Gasteiger partial charge in [0.1, 0.15) is 19.8 Å². The number of hydrogen-bond acceptors (Lipinski definition) is 7. The fraction of sp³-hybridized carbons (Fsp3) is 0.831. The Balaban J connectivity index is 4.10. The predicted octanol–water partition coefficient (Wildman–Crippen LogP) is 17.8. The summed E-state index contributed by atoms with van der Waals surface area (Å²) in [5.41, 5.74) is 0. The maximum Gasteiger partial charge on any atom is 0.472 e. The number of phosphoric ester groups is 1. The highest BCUT2D eigenvalue weighted by Crippen LogP contribution is 2.43. The van der Waals surface area contributed by atoms with Crippen molar-refractivity contribution < 1.29 is 42.1 Å². The summed E-state index contributed by atoms with van der Waals surface area (Å²) in [5.74, 6) is -0.816. The molecule has 2 unspecified atom stereocenters. The average Bonchev–Trinajstić information content (AvgIpc) is 3.31. The van der Waals surface area contributed by atoms with E-state index in [1.807, 2.05) is 21.1 Å². The van der Waals surface area contributed by atoms with Gasteiger partial charge in [0, 0.05) is 12.8 Å². The zero-order valence-electron chi connectivity index (χ0n) is 45.8. The van der Waals surface area contributed by atoms with Crippen molar-refractivity contribution in [3.8, 4) is 0 Å². The number of quaternary nitrogens is 1. The number of phosphoric acid groups is 1. The van der Waals surface area contributed by atoms with Crippen molar-refractivity contribution in [1.29, 1.82) is 0 Å². The van der Waals surface area contributed by atoms with Crippen molar-refractivity contribution in [2.24, 2.45) is 0 Å². The maximum absolute atomic E-state index is 12.8. The molecule has 0 aliphatic carbocycles. The molecule has 0 bridgehead atoms. The first-order valence-corrected chi connectivity index (χ1v) is 30.4. The van der Waals surface area contributed by atoms with Crippen LogP contribution >= 0.6 is 7.82 Å². The lowest BCUT2D eigenvalue weighted by atomic mass is 10.0. The molecule has 0 heterocycles. The summed E-state index contributed by atoms with van der Waals surface area (Å²) in [6, 6.07) is 0. The van der Waals surface area contributed by atoms with Crippen molar-refractivity contribution in [2.45, 2.75) is 270 Å². The topological polar surface area (TPSA) is 108 Å². The first-order valence-electron chi connectivity index (χ1n) is 28.9. The van der Waals surface area contributed by atoms with Gasteiger partial charge in [0.2, 0.25) is 0 Å². The SMILES string of the molecule is CC/C=C\C/C=C\C/C=C\C/C=C\CCCCCCC(=O)OC(COC(=O)CCCCCCCCCCCCCCCCCCCCCCCCCCCCCC)COP(=O)(O)OCC[N+](C)(C)C. The summed E-state index contributed by atoms with van der Waals surface area (Å²) in [6.07, 6.45) is 63.4. The molecular weight excluding hydrogens is 882 g/mol. The Kier molecular flexibility index (Phi) is 49.4. The van der Waals surface area contributed by atoms with Gasteiger partial charge < -0.3 is 18.9 Å². The molecule has 0 fully saturated rings. The number of allylic oxidation sites excluding steroid dienone is 8. The van der Waals surface area contributed by atoms with E-state index in [0.717, 1.165) is 70.6 Å². The van der Waals surface area contributed by atoms with Crippen LogP contribution in [0.3, 0.4) is 0 Å². The van der Waals surface area contributed by atoms with Crippen molar-refractivity contribution in [3.63, 3.8) is 0 Å². The molecule has 0 spiro atoms. The normalized spacial score (nSPS) is 13.7. The molecule has 9 nitrogen and oxygen atoms in total. The molecule has 2 atom stereocenters. The zero-order valence-corrected chi connectivity index (χ0v) is 46.7. The molecule has 0 saturated carbocycles. The molecule has 0 radical (unpaired) electrons. The second kappa shape index (κ2) is 50.9. The van der Waals surface area contributed by atoms with Crippen LogP contribution in [0.4, 0.5) is 0 Å². The molecule has 0 aliphatic rings. The van der Waals surface area contributed by atoms with Crippen LogP contribution < -0.4 is 0 Å². The Morgan fingerprint density at radius 3 is 1.23 bits per heavy atom. The molecular formula is C59H111NO8P+. The van der Waals surface area contributed by atoms with Crippen LogP contribution in [0.1, 0.15) is 264 Å². The number of carbonyl (C=O) groups excluding carboxylic acids is 2. The Bertz CT molecular complexity index is 1310. The van der Waals surface area contributed by atoms with Crippen LogP contribution in [0, 0.1) is 0 Å². The molecule has 0 rings (SSSR count). The van der Waals surface area contributed by atoms with Crippen LogP contribution in [0.2, 0.25) is 0 Å². The smallest absolute Gasteiger partial charge is 0.462 e. The van der Waals surface area contributed by atoms with Crippen LogP contribution in [-0.4, -0.2) is 74.9 Å². The van der Waals surface area contributed by atoms with Crippen molar-refractivity contribution in [2.75, 3.05) is 47.5 Å². The van der Waals surface area contributed by atoms with Crippen molar-refractivity contribution >= 4 is 19.8 Å². The van der Waals surface area contributed by atoms with E-state index in [-0.39, 0.29) is 32.0 Å². The number of rotatable bonds is 53. The summed E-state index contributed by atoms with van der Waals surface area (Å²) in [4.78, 5) is 35.6. The average molecular weight is 994 g/mol. The molecule has 0 aromatic heterocycles. The third-order valence-corrected chi connectivity index (χ3v) is 13.6. The molecule has 0 aromatic carbocycles. The number of hydrogen-bond donors (Lipinski definition) is 1. The minimum Gasteiger partial charge on any atom is -0.462 e. The van der Waals surface area contributed by atoms with Crippen LogP contribution in [0.25, 0.3) is 0 Å². The number of likely N-dealkylation sites (N-methyl/N-ethyl adjacent to an activating group) is 1. The molecule has 0 aromatic rings. The maximum atomic E-state index is 12.8. The van der Waals surface area contributed by atoms with Crippen LogP contribution in [0.5, 0.6) is 0 Å². The zero-order chi connectivity index (χ0) is 50.6. The van der Waals surface area contributed by atoms with E-state index >= 15 is 0 Å². The van der Waals surface area contributed by atoms with Crippen molar-refractivity contribution in [1.82, 2.24) is 0 Å². The second-order valence-electron chi connectivity index (χ2n) is 20.7. The van der Waals surface area contributed by atoms with Gasteiger partial charge in [0.25, 0.3) is 0 Å². The fourth-order valence-corrected chi connectivity index (χ4v) is 8.93. The third-order valence-electron chi connectivity index (χ3n) is 12.6. The van der Waals surface area contributed by atoms with Gasteiger partial charge in [0.05, 0.1) is 27.7 Å². The van der Waals surface area contributed by atoms with Gasteiger partial charge in [0.15, 0.2) is 6.10 Å². The number of carbonyl (C=O) groups is 2. The molecule has 1 N–H and O–H groups in total. The quantitative estimate of drug-likeness (QED) is 0.0211. The van der Waals surface area contributed by atoms with Crippen LogP contribution in [-0.2, 0) is 32.7 Å². The summed E-state index contributed by atoms with van der Waals surface area (Å²) in [7, 11) is 1.46. The minimum absolute atomic E-state index is 0.0265. The lowest BCUT2D eigenvalue weighted by Gasteiger charge is -2.24. The van der Waals surface area contributed by atoms with Gasteiger partial charge in [-0.05, 0) is 51.4 Å². The number of unbranched alkanes of at least 4 members (excludes halogenated alkanes) is 31. The molecule has 404 valence electrons. The monoisotopic (exact) mass is 993 g/mol. The highest BCUT2D eigenvalue weighted by Gasteiger charge is 2.27. The van der Waals surface area contributed by atoms with Gasteiger partial charge in [-0.1, -0.05) is 249 Å². The predicted molar refractivity (Wildman–Crippen MR) is 293 cm³/mol. The second-order valence-corrected chi connectivity index (χ2v) is 22.1. The lowest BCUT2D eigenvalue weighted by molar-refractivity contribution is -0.870. The van der Waals surface area contributed by atoms with E-state index in [4.69, 9.17) is 18.5 Å². The van der Waals surface area contributed by atoms with Gasteiger partial charge in [-0.15, -0.1) is 0 Å². The van der Waals surface area contributed by atoms with E-state index in [1.54, 1.807) is 0 Å². The Morgan fingerprint density at radius 2 is 0.826 bits per heavy atom.